The van der Waals surface area contributed by atoms with Crippen LogP contribution in [0.4, 0.5) is 5.69 Å². The first-order valence-electron chi connectivity index (χ1n) is 6.31. The molecule has 0 fully saturated rings. The topological polar surface area (TPSA) is 58.2 Å². The van der Waals surface area contributed by atoms with Crippen LogP contribution in [0.3, 0.4) is 0 Å². The minimum atomic E-state index is -0.231. The Hall–Kier alpha value is -2.62. The second kappa shape index (κ2) is 6.02. The molecule has 0 unspecified atom stereocenters. The summed E-state index contributed by atoms with van der Waals surface area (Å²) in [4.78, 5) is 24.0. The molecule has 2 amide bonds. The number of benzene rings is 2. The molecule has 0 saturated carbocycles. The molecule has 102 valence electrons. The molecular formula is C16H16N2O2. The molecule has 0 heterocycles. The summed E-state index contributed by atoms with van der Waals surface area (Å²) in [5.41, 5.74) is 2.43. The third-order valence-electron chi connectivity index (χ3n) is 3.04. The van der Waals surface area contributed by atoms with Crippen molar-refractivity contribution in [3.05, 3.63) is 65.2 Å². The van der Waals surface area contributed by atoms with E-state index in [1.54, 1.807) is 37.4 Å². The maximum Gasteiger partial charge on any atom is 0.255 e. The fourth-order valence-corrected chi connectivity index (χ4v) is 1.94. The first kappa shape index (κ1) is 13.8. The number of carbonyl (C=O) groups is 2. The van der Waals surface area contributed by atoms with Crippen LogP contribution in [0.25, 0.3) is 0 Å². The monoisotopic (exact) mass is 268 g/mol. The Morgan fingerprint density at radius 1 is 0.850 bits per heavy atom. The normalized spacial score (nSPS) is 9.90. The van der Waals surface area contributed by atoms with Crippen LogP contribution in [0, 0.1) is 6.92 Å². The van der Waals surface area contributed by atoms with Crippen LogP contribution in [0.1, 0.15) is 26.3 Å². The summed E-state index contributed by atoms with van der Waals surface area (Å²) in [5, 5.41) is 5.34. The van der Waals surface area contributed by atoms with Crippen LogP contribution in [-0.4, -0.2) is 18.9 Å². The number of rotatable bonds is 3. The highest BCUT2D eigenvalue weighted by molar-refractivity contribution is 6.09. The SMILES string of the molecule is CNC(=O)c1ccccc1NC(=O)c1ccccc1C. The van der Waals surface area contributed by atoms with Crippen molar-refractivity contribution in [1.29, 1.82) is 0 Å². The Kier molecular flexibility index (Phi) is 4.15. The molecule has 0 atom stereocenters. The van der Waals surface area contributed by atoms with E-state index in [1.165, 1.54) is 0 Å². The molecule has 0 saturated heterocycles. The maximum atomic E-state index is 12.3. The van der Waals surface area contributed by atoms with Crippen LogP contribution < -0.4 is 10.6 Å². The summed E-state index contributed by atoms with van der Waals surface area (Å²) in [6.07, 6.45) is 0. The fourth-order valence-electron chi connectivity index (χ4n) is 1.94. The van der Waals surface area contributed by atoms with Crippen molar-refractivity contribution in [1.82, 2.24) is 5.32 Å². The number of hydrogen-bond donors (Lipinski definition) is 2. The Morgan fingerprint density at radius 2 is 1.45 bits per heavy atom. The number of anilines is 1. The first-order chi connectivity index (χ1) is 9.63. The van der Waals surface area contributed by atoms with Gasteiger partial charge in [-0.05, 0) is 30.7 Å². The molecule has 4 nitrogen and oxygen atoms in total. The van der Waals surface area contributed by atoms with Crippen molar-refractivity contribution in [3.63, 3.8) is 0 Å². The second-order valence-electron chi connectivity index (χ2n) is 4.39. The minimum Gasteiger partial charge on any atom is -0.355 e. The summed E-state index contributed by atoms with van der Waals surface area (Å²) >= 11 is 0. The van der Waals surface area contributed by atoms with Gasteiger partial charge in [-0.15, -0.1) is 0 Å². The van der Waals surface area contributed by atoms with Crippen molar-refractivity contribution < 1.29 is 9.59 Å². The molecule has 2 rings (SSSR count). The molecule has 0 aliphatic carbocycles. The average molecular weight is 268 g/mol. The molecule has 4 heteroatoms. The molecule has 2 aromatic rings. The zero-order chi connectivity index (χ0) is 14.5. The van der Waals surface area contributed by atoms with Gasteiger partial charge >= 0.3 is 0 Å². The summed E-state index contributed by atoms with van der Waals surface area (Å²) in [5.74, 6) is -0.454. The zero-order valence-corrected chi connectivity index (χ0v) is 11.4. The molecule has 0 bridgehead atoms. The molecule has 2 N–H and O–H groups in total. The van der Waals surface area contributed by atoms with Crippen molar-refractivity contribution >= 4 is 17.5 Å². The van der Waals surface area contributed by atoms with Gasteiger partial charge in [-0.3, -0.25) is 9.59 Å². The Morgan fingerprint density at radius 3 is 2.10 bits per heavy atom. The molecular weight excluding hydrogens is 252 g/mol. The van der Waals surface area contributed by atoms with Gasteiger partial charge in [-0.2, -0.15) is 0 Å². The van der Waals surface area contributed by atoms with Crippen LogP contribution >= 0.6 is 0 Å². The largest absolute Gasteiger partial charge is 0.355 e. The summed E-state index contributed by atoms with van der Waals surface area (Å²) in [6, 6.07) is 14.2. The molecule has 2 aromatic carbocycles. The number of aryl methyl sites for hydroxylation is 1. The van der Waals surface area contributed by atoms with Gasteiger partial charge in [0.25, 0.3) is 11.8 Å². The van der Waals surface area contributed by atoms with Gasteiger partial charge in [0.1, 0.15) is 0 Å². The molecule has 0 radical (unpaired) electrons. The third kappa shape index (κ3) is 2.85. The van der Waals surface area contributed by atoms with Gasteiger partial charge in [0, 0.05) is 12.6 Å². The number of amides is 2. The quantitative estimate of drug-likeness (QED) is 0.899. The van der Waals surface area contributed by atoms with E-state index >= 15 is 0 Å². The van der Waals surface area contributed by atoms with E-state index in [0.29, 0.717) is 16.8 Å². The van der Waals surface area contributed by atoms with E-state index < -0.39 is 0 Å². The summed E-state index contributed by atoms with van der Waals surface area (Å²) in [6.45, 7) is 1.87. The van der Waals surface area contributed by atoms with Gasteiger partial charge in [0.2, 0.25) is 0 Å². The average Bonchev–Trinajstić information content (AvgIpc) is 2.47. The van der Waals surface area contributed by atoms with E-state index in [-0.39, 0.29) is 11.8 Å². The molecule has 0 aromatic heterocycles. The molecule has 20 heavy (non-hydrogen) atoms. The lowest BCUT2D eigenvalue weighted by molar-refractivity contribution is 0.0964. The predicted molar refractivity (Wildman–Crippen MR) is 79.0 cm³/mol. The van der Waals surface area contributed by atoms with Gasteiger partial charge < -0.3 is 10.6 Å². The van der Waals surface area contributed by atoms with Crippen molar-refractivity contribution in [3.8, 4) is 0 Å². The highest BCUT2D eigenvalue weighted by Gasteiger charge is 2.13. The van der Waals surface area contributed by atoms with E-state index in [4.69, 9.17) is 0 Å². The lowest BCUT2D eigenvalue weighted by atomic mass is 10.1. The summed E-state index contributed by atoms with van der Waals surface area (Å²) < 4.78 is 0. The van der Waals surface area contributed by atoms with Gasteiger partial charge in [0.05, 0.1) is 11.3 Å². The number of hydrogen-bond acceptors (Lipinski definition) is 2. The minimum absolute atomic E-state index is 0.223. The lowest BCUT2D eigenvalue weighted by Crippen LogP contribution is -2.21. The van der Waals surface area contributed by atoms with E-state index in [2.05, 4.69) is 10.6 Å². The Labute approximate surface area is 117 Å². The van der Waals surface area contributed by atoms with Crippen molar-refractivity contribution in [2.45, 2.75) is 6.92 Å². The van der Waals surface area contributed by atoms with Crippen LogP contribution in [0.15, 0.2) is 48.5 Å². The van der Waals surface area contributed by atoms with E-state index in [1.807, 2.05) is 25.1 Å². The zero-order valence-electron chi connectivity index (χ0n) is 11.4. The lowest BCUT2D eigenvalue weighted by Gasteiger charge is -2.11. The third-order valence-corrected chi connectivity index (χ3v) is 3.04. The molecule has 0 spiro atoms. The van der Waals surface area contributed by atoms with Gasteiger partial charge in [-0.25, -0.2) is 0 Å². The molecule has 0 aliphatic heterocycles. The number of carbonyl (C=O) groups excluding carboxylic acids is 2. The van der Waals surface area contributed by atoms with E-state index in [9.17, 15) is 9.59 Å². The van der Waals surface area contributed by atoms with Gasteiger partial charge in [-0.1, -0.05) is 30.3 Å². The first-order valence-corrected chi connectivity index (χ1v) is 6.31. The summed E-state index contributed by atoms with van der Waals surface area (Å²) in [7, 11) is 1.56. The molecule has 0 aliphatic rings. The number of para-hydroxylation sites is 1. The maximum absolute atomic E-state index is 12.3. The Balaban J connectivity index is 2.29. The van der Waals surface area contributed by atoms with Crippen molar-refractivity contribution in [2.75, 3.05) is 12.4 Å². The van der Waals surface area contributed by atoms with Crippen LogP contribution in [0.2, 0.25) is 0 Å². The predicted octanol–water partition coefficient (Wildman–Crippen LogP) is 2.61. The highest BCUT2D eigenvalue weighted by Crippen LogP contribution is 2.17. The van der Waals surface area contributed by atoms with E-state index in [0.717, 1.165) is 5.56 Å². The fraction of sp³-hybridized carbons (Fsp3) is 0.125. The second-order valence-corrected chi connectivity index (χ2v) is 4.39. The van der Waals surface area contributed by atoms with Crippen LogP contribution in [0.5, 0.6) is 0 Å². The van der Waals surface area contributed by atoms with Crippen LogP contribution in [-0.2, 0) is 0 Å². The highest BCUT2D eigenvalue weighted by atomic mass is 16.2. The standard InChI is InChI=1S/C16H16N2O2/c1-11-7-3-4-8-12(11)16(20)18-14-10-6-5-9-13(14)15(19)17-2/h3-10H,1-2H3,(H,17,19)(H,18,20). The number of nitrogens with one attached hydrogen (secondary N) is 2. The smallest absolute Gasteiger partial charge is 0.255 e. The van der Waals surface area contributed by atoms with Crippen molar-refractivity contribution in [2.24, 2.45) is 0 Å². The Bertz CT molecular complexity index is 650. The van der Waals surface area contributed by atoms with Gasteiger partial charge in [0.15, 0.2) is 0 Å².